The third kappa shape index (κ3) is 4.87. The fourth-order valence-electron chi connectivity index (χ4n) is 4.18. The number of aromatic nitrogens is 5. The van der Waals surface area contributed by atoms with Gasteiger partial charge in [0.2, 0.25) is 0 Å². The van der Waals surface area contributed by atoms with E-state index >= 15 is 0 Å². The molecule has 164 valence electrons. The highest BCUT2D eigenvalue weighted by Crippen LogP contribution is 2.29. The molecule has 3 aromatic rings. The molecule has 3 aromatic heterocycles. The highest BCUT2D eigenvalue weighted by molar-refractivity contribution is 5.88. The van der Waals surface area contributed by atoms with Crippen LogP contribution in [0.3, 0.4) is 0 Å². The first-order valence-corrected chi connectivity index (χ1v) is 10.8. The summed E-state index contributed by atoms with van der Waals surface area (Å²) in [6.07, 6.45) is 6.74. The largest absolute Gasteiger partial charge is 0.370 e. The van der Waals surface area contributed by atoms with Crippen LogP contribution in [-0.4, -0.2) is 50.4 Å². The summed E-state index contributed by atoms with van der Waals surface area (Å²) in [6, 6.07) is 5.94. The second-order valence-corrected chi connectivity index (χ2v) is 8.00. The first-order chi connectivity index (χ1) is 15.0. The summed E-state index contributed by atoms with van der Waals surface area (Å²) in [5.74, 6) is 1.99. The summed E-state index contributed by atoms with van der Waals surface area (Å²) in [4.78, 5) is 26.3. The van der Waals surface area contributed by atoms with E-state index in [9.17, 15) is 4.79 Å². The van der Waals surface area contributed by atoms with Crippen LogP contribution in [0.4, 0.5) is 16.3 Å². The van der Waals surface area contributed by atoms with Crippen molar-refractivity contribution in [2.45, 2.75) is 33.1 Å². The standard InChI is InChI=1S/C22H30N8O/c1-4-23-22(31)27-20-14-17(29(3)28-20)13-16-7-11-30(12-8-16)19-6-5-18(26-15(19)2)21-24-9-10-25-21/h5-6,9-10,14,16H,4,7-8,11-13H2,1-3H3,(H,24,25)(H2,23,27,28,31). The number of rotatable bonds is 6. The van der Waals surface area contributed by atoms with Gasteiger partial charge in [-0.05, 0) is 51.2 Å². The summed E-state index contributed by atoms with van der Waals surface area (Å²) < 4.78 is 1.87. The molecule has 0 saturated carbocycles. The quantitative estimate of drug-likeness (QED) is 0.566. The second-order valence-electron chi connectivity index (χ2n) is 8.00. The SMILES string of the molecule is CCNC(=O)Nc1cc(CC2CCN(c3ccc(-c4ncc[nH]4)nc3C)CC2)n(C)n1. The number of nitrogens with one attached hydrogen (secondary N) is 3. The number of piperidine rings is 1. The van der Waals surface area contributed by atoms with Crippen LogP contribution in [0.15, 0.2) is 30.6 Å². The minimum atomic E-state index is -0.220. The average Bonchev–Trinajstić information content (AvgIpc) is 3.39. The Labute approximate surface area is 182 Å². The molecule has 0 unspecified atom stereocenters. The molecule has 0 radical (unpaired) electrons. The number of hydrogen-bond acceptors (Lipinski definition) is 5. The maximum Gasteiger partial charge on any atom is 0.320 e. The fourth-order valence-corrected chi connectivity index (χ4v) is 4.18. The van der Waals surface area contributed by atoms with Crippen LogP contribution in [-0.2, 0) is 13.5 Å². The van der Waals surface area contributed by atoms with E-state index in [1.54, 1.807) is 6.20 Å². The molecule has 3 N–H and O–H groups in total. The molecule has 0 spiro atoms. The molecule has 9 nitrogen and oxygen atoms in total. The summed E-state index contributed by atoms with van der Waals surface area (Å²) >= 11 is 0. The molecular weight excluding hydrogens is 392 g/mol. The summed E-state index contributed by atoms with van der Waals surface area (Å²) in [6.45, 7) is 6.56. The van der Waals surface area contributed by atoms with E-state index in [4.69, 9.17) is 4.98 Å². The Morgan fingerprint density at radius 3 is 2.77 bits per heavy atom. The molecule has 4 heterocycles. The number of carbonyl (C=O) groups is 1. The van der Waals surface area contributed by atoms with Gasteiger partial charge in [0.15, 0.2) is 11.6 Å². The lowest BCUT2D eigenvalue weighted by molar-refractivity contribution is 0.252. The normalized spacial score (nSPS) is 14.6. The molecule has 9 heteroatoms. The van der Waals surface area contributed by atoms with Crippen molar-refractivity contribution >= 4 is 17.5 Å². The molecular formula is C22H30N8O. The highest BCUT2D eigenvalue weighted by atomic mass is 16.2. The van der Waals surface area contributed by atoms with Crippen molar-refractivity contribution in [1.82, 2.24) is 30.0 Å². The zero-order chi connectivity index (χ0) is 21.8. The van der Waals surface area contributed by atoms with Crippen molar-refractivity contribution < 1.29 is 4.79 Å². The van der Waals surface area contributed by atoms with Crippen molar-refractivity contribution in [3.05, 3.63) is 42.0 Å². The minimum Gasteiger partial charge on any atom is -0.370 e. The minimum absolute atomic E-state index is 0.220. The van der Waals surface area contributed by atoms with Crippen LogP contribution in [0, 0.1) is 12.8 Å². The molecule has 1 aliphatic heterocycles. The lowest BCUT2D eigenvalue weighted by Crippen LogP contribution is -2.35. The Morgan fingerprint density at radius 1 is 1.29 bits per heavy atom. The molecule has 31 heavy (non-hydrogen) atoms. The number of aromatic amines is 1. The van der Waals surface area contributed by atoms with Gasteiger partial charge in [0, 0.05) is 50.8 Å². The number of carbonyl (C=O) groups excluding carboxylic acids is 1. The van der Waals surface area contributed by atoms with E-state index in [0.29, 0.717) is 18.3 Å². The van der Waals surface area contributed by atoms with Crippen molar-refractivity contribution in [2.75, 3.05) is 29.9 Å². The van der Waals surface area contributed by atoms with E-state index in [2.05, 4.69) is 43.6 Å². The van der Waals surface area contributed by atoms with Gasteiger partial charge in [-0.1, -0.05) is 0 Å². The Bertz CT molecular complexity index is 1020. The third-order valence-electron chi connectivity index (χ3n) is 5.81. The van der Waals surface area contributed by atoms with Gasteiger partial charge in [0.05, 0.1) is 11.4 Å². The lowest BCUT2D eigenvalue weighted by atomic mass is 9.91. The van der Waals surface area contributed by atoms with Gasteiger partial charge in [0.25, 0.3) is 0 Å². The predicted octanol–water partition coefficient (Wildman–Crippen LogP) is 3.11. The Balaban J connectivity index is 1.34. The Hall–Kier alpha value is -3.36. The van der Waals surface area contributed by atoms with E-state index < -0.39 is 0 Å². The van der Waals surface area contributed by atoms with Crippen molar-refractivity contribution in [1.29, 1.82) is 0 Å². The van der Waals surface area contributed by atoms with Gasteiger partial charge in [0.1, 0.15) is 5.69 Å². The Morgan fingerprint density at radius 2 is 2.10 bits per heavy atom. The van der Waals surface area contributed by atoms with Crippen LogP contribution in [0.25, 0.3) is 11.5 Å². The zero-order valence-electron chi connectivity index (χ0n) is 18.4. The number of hydrogen-bond donors (Lipinski definition) is 3. The molecule has 1 aliphatic rings. The van der Waals surface area contributed by atoms with E-state index in [1.165, 1.54) is 5.69 Å². The van der Waals surface area contributed by atoms with E-state index in [0.717, 1.165) is 55.3 Å². The predicted molar refractivity (Wildman–Crippen MR) is 121 cm³/mol. The topological polar surface area (TPSA) is 104 Å². The fraction of sp³-hybridized carbons (Fsp3) is 0.455. The number of pyridine rings is 1. The number of aryl methyl sites for hydroxylation is 2. The monoisotopic (exact) mass is 422 g/mol. The van der Waals surface area contributed by atoms with Crippen LogP contribution in [0.1, 0.15) is 31.2 Å². The summed E-state index contributed by atoms with van der Waals surface area (Å²) in [5, 5.41) is 9.93. The number of anilines is 2. The highest BCUT2D eigenvalue weighted by Gasteiger charge is 2.23. The van der Waals surface area contributed by atoms with Crippen LogP contribution >= 0.6 is 0 Å². The third-order valence-corrected chi connectivity index (χ3v) is 5.81. The maximum atomic E-state index is 11.7. The number of imidazole rings is 1. The molecule has 0 atom stereocenters. The molecule has 4 rings (SSSR count). The second kappa shape index (κ2) is 9.20. The smallest absolute Gasteiger partial charge is 0.320 e. The van der Waals surface area contributed by atoms with Crippen LogP contribution in [0.2, 0.25) is 0 Å². The van der Waals surface area contributed by atoms with E-state index in [-0.39, 0.29) is 6.03 Å². The van der Waals surface area contributed by atoms with Gasteiger partial charge >= 0.3 is 6.03 Å². The van der Waals surface area contributed by atoms with Crippen molar-refractivity contribution in [2.24, 2.45) is 13.0 Å². The molecule has 0 aliphatic carbocycles. The summed E-state index contributed by atoms with van der Waals surface area (Å²) in [5.41, 5.74) is 4.24. The Kier molecular flexibility index (Phi) is 6.20. The van der Waals surface area contributed by atoms with Gasteiger partial charge in [-0.2, -0.15) is 5.10 Å². The molecule has 1 saturated heterocycles. The average molecular weight is 423 g/mol. The number of nitrogens with zero attached hydrogens (tertiary/aromatic N) is 5. The number of H-pyrrole nitrogens is 1. The number of urea groups is 1. The van der Waals surface area contributed by atoms with Crippen molar-refractivity contribution in [3.8, 4) is 11.5 Å². The first-order valence-electron chi connectivity index (χ1n) is 10.8. The first kappa shape index (κ1) is 20.9. The molecule has 0 bridgehead atoms. The van der Waals surface area contributed by atoms with Crippen LogP contribution < -0.4 is 15.5 Å². The summed E-state index contributed by atoms with van der Waals surface area (Å²) in [7, 11) is 1.93. The lowest BCUT2D eigenvalue weighted by Gasteiger charge is -2.34. The molecule has 0 aromatic carbocycles. The van der Waals surface area contributed by atoms with Gasteiger partial charge < -0.3 is 15.2 Å². The van der Waals surface area contributed by atoms with Crippen molar-refractivity contribution in [3.63, 3.8) is 0 Å². The van der Waals surface area contributed by atoms with Gasteiger partial charge in [-0.15, -0.1) is 0 Å². The van der Waals surface area contributed by atoms with Gasteiger partial charge in [-0.3, -0.25) is 10.00 Å². The maximum absolute atomic E-state index is 11.7. The van der Waals surface area contributed by atoms with E-state index in [1.807, 2.05) is 37.0 Å². The van der Waals surface area contributed by atoms with Crippen LogP contribution in [0.5, 0.6) is 0 Å². The number of amides is 2. The molecule has 2 amide bonds. The molecule has 1 fully saturated rings. The zero-order valence-corrected chi connectivity index (χ0v) is 18.4. The van der Waals surface area contributed by atoms with Gasteiger partial charge in [-0.25, -0.2) is 14.8 Å².